The van der Waals surface area contributed by atoms with Crippen LogP contribution in [0.4, 0.5) is 10.2 Å². The van der Waals surface area contributed by atoms with Gasteiger partial charge in [0.15, 0.2) is 6.17 Å². The standard InChI is InChI=1S/C27H32FN5O4/c1-16-9-17(3-4-23(16)37-24-6-8-33(14-22(24)28)26(35)15-34)18-5-7-29-25(10-18)31-27(36)21-11-20(21)19-12-30-32(2)13-19/h3-5,7,9-10,12-13,20-22,24,27,34,36H,6,8,11,14-15H2,1-2H3,(H,29,31)/t20?,21?,22-,24+,27?/m1/s1. The molecule has 1 saturated heterocycles. The van der Waals surface area contributed by atoms with Crippen molar-refractivity contribution in [2.24, 2.45) is 13.0 Å². The number of ether oxygens (including phenoxy) is 1. The Kier molecular flexibility index (Phi) is 7.12. The molecule has 1 saturated carbocycles. The Balaban J connectivity index is 1.21. The zero-order valence-electron chi connectivity index (χ0n) is 20.9. The Morgan fingerprint density at radius 1 is 1.30 bits per heavy atom. The Bertz CT molecular complexity index is 1270. The summed E-state index contributed by atoms with van der Waals surface area (Å²) in [5, 5.41) is 27.0. The number of piperidine rings is 1. The normalized spacial score (nSPS) is 24.0. The first-order chi connectivity index (χ1) is 17.8. The molecule has 5 rings (SSSR count). The van der Waals surface area contributed by atoms with Crippen molar-refractivity contribution in [1.82, 2.24) is 19.7 Å². The number of amides is 1. The maximum Gasteiger partial charge on any atom is 0.248 e. The second-order valence-corrected chi connectivity index (χ2v) is 9.91. The summed E-state index contributed by atoms with van der Waals surface area (Å²) < 4.78 is 22.4. The van der Waals surface area contributed by atoms with Gasteiger partial charge in [0.25, 0.3) is 0 Å². The van der Waals surface area contributed by atoms with E-state index in [0.717, 1.165) is 28.7 Å². The third-order valence-electron chi connectivity index (χ3n) is 7.21. The van der Waals surface area contributed by atoms with Crippen LogP contribution in [0.25, 0.3) is 11.1 Å². The van der Waals surface area contributed by atoms with E-state index < -0.39 is 31.0 Å². The van der Waals surface area contributed by atoms with Crippen LogP contribution in [0.15, 0.2) is 48.9 Å². The number of rotatable bonds is 8. The number of nitrogens with one attached hydrogen (secondary N) is 1. The molecule has 2 aliphatic rings. The minimum atomic E-state index is -1.33. The van der Waals surface area contributed by atoms with Crippen LogP contribution in [0.5, 0.6) is 5.75 Å². The number of aliphatic hydroxyl groups is 2. The fourth-order valence-electron chi connectivity index (χ4n) is 4.99. The summed E-state index contributed by atoms with van der Waals surface area (Å²) in [6, 6.07) is 9.50. The van der Waals surface area contributed by atoms with E-state index in [1.54, 1.807) is 10.9 Å². The molecule has 3 aromatic rings. The predicted octanol–water partition coefficient (Wildman–Crippen LogP) is 2.63. The van der Waals surface area contributed by atoms with Crippen molar-refractivity contribution in [2.75, 3.05) is 25.0 Å². The molecule has 1 aliphatic carbocycles. The molecule has 3 N–H and O–H groups in total. The highest BCUT2D eigenvalue weighted by Gasteiger charge is 2.44. The fourth-order valence-corrected chi connectivity index (χ4v) is 4.99. The van der Waals surface area contributed by atoms with E-state index in [1.165, 1.54) is 4.90 Å². The van der Waals surface area contributed by atoms with Crippen molar-refractivity contribution in [1.29, 1.82) is 0 Å². The molecule has 9 nitrogen and oxygen atoms in total. The topological polar surface area (TPSA) is 113 Å². The third-order valence-corrected chi connectivity index (χ3v) is 7.21. The number of nitrogens with zero attached hydrogens (tertiary/aromatic N) is 4. The number of aliphatic hydroxyl groups excluding tert-OH is 2. The number of aryl methyl sites for hydroxylation is 2. The molecule has 196 valence electrons. The monoisotopic (exact) mass is 509 g/mol. The minimum Gasteiger partial charge on any atom is -0.487 e. The summed E-state index contributed by atoms with van der Waals surface area (Å²) >= 11 is 0. The molecule has 1 aliphatic heterocycles. The maximum atomic E-state index is 14.6. The van der Waals surface area contributed by atoms with Gasteiger partial charge in [-0.2, -0.15) is 5.10 Å². The largest absolute Gasteiger partial charge is 0.487 e. The van der Waals surface area contributed by atoms with Gasteiger partial charge in [0, 0.05) is 38.3 Å². The van der Waals surface area contributed by atoms with Crippen LogP contribution in [0.2, 0.25) is 0 Å². The number of carbonyl (C=O) groups is 1. The van der Waals surface area contributed by atoms with Gasteiger partial charge in [-0.3, -0.25) is 9.48 Å². The summed E-state index contributed by atoms with van der Waals surface area (Å²) in [4.78, 5) is 17.3. The van der Waals surface area contributed by atoms with Gasteiger partial charge < -0.3 is 25.2 Å². The number of benzene rings is 1. The quantitative estimate of drug-likeness (QED) is 0.400. The molecule has 37 heavy (non-hydrogen) atoms. The molecule has 3 unspecified atom stereocenters. The lowest BCUT2D eigenvalue weighted by Crippen LogP contribution is -2.50. The third kappa shape index (κ3) is 5.60. The average molecular weight is 510 g/mol. The molecule has 10 heteroatoms. The number of pyridine rings is 1. The van der Waals surface area contributed by atoms with Crippen molar-refractivity contribution < 1.29 is 24.1 Å². The molecule has 0 radical (unpaired) electrons. The smallest absolute Gasteiger partial charge is 0.248 e. The second-order valence-electron chi connectivity index (χ2n) is 9.91. The van der Waals surface area contributed by atoms with Crippen molar-refractivity contribution in [2.45, 2.75) is 44.2 Å². The number of aromatic nitrogens is 3. The van der Waals surface area contributed by atoms with Gasteiger partial charge in [0.05, 0.1) is 12.7 Å². The van der Waals surface area contributed by atoms with E-state index >= 15 is 0 Å². The van der Waals surface area contributed by atoms with E-state index in [1.807, 2.05) is 56.7 Å². The number of carbonyl (C=O) groups excluding carboxylic acids is 1. The number of alkyl halides is 1. The van der Waals surface area contributed by atoms with Crippen molar-refractivity contribution in [3.8, 4) is 16.9 Å². The van der Waals surface area contributed by atoms with Gasteiger partial charge in [0.2, 0.25) is 5.91 Å². The lowest BCUT2D eigenvalue weighted by molar-refractivity contribution is -0.138. The summed E-state index contributed by atoms with van der Waals surface area (Å²) in [7, 11) is 1.88. The Morgan fingerprint density at radius 2 is 2.11 bits per heavy atom. The average Bonchev–Trinajstić information content (AvgIpc) is 3.59. The molecule has 1 amide bonds. The van der Waals surface area contributed by atoms with Gasteiger partial charge in [-0.05, 0) is 65.8 Å². The van der Waals surface area contributed by atoms with Crippen LogP contribution in [0, 0.1) is 12.8 Å². The number of halogens is 1. The number of anilines is 1. The van der Waals surface area contributed by atoms with Crippen LogP contribution in [-0.2, 0) is 11.8 Å². The van der Waals surface area contributed by atoms with Gasteiger partial charge in [-0.25, -0.2) is 9.37 Å². The fraction of sp³-hybridized carbons (Fsp3) is 0.444. The lowest BCUT2D eigenvalue weighted by Gasteiger charge is -2.34. The summed E-state index contributed by atoms with van der Waals surface area (Å²) in [5.41, 5.74) is 3.88. The van der Waals surface area contributed by atoms with Crippen LogP contribution >= 0.6 is 0 Å². The number of hydrogen-bond acceptors (Lipinski definition) is 7. The van der Waals surface area contributed by atoms with E-state index in [-0.39, 0.29) is 12.5 Å². The Labute approximate surface area is 214 Å². The zero-order valence-corrected chi connectivity index (χ0v) is 20.9. The van der Waals surface area contributed by atoms with Crippen molar-refractivity contribution in [3.63, 3.8) is 0 Å². The molecule has 2 fully saturated rings. The SMILES string of the molecule is Cc1cc(-c2ccnc(NC(O)C3CC3c3cnn(C)c3)c2)ccc1O[C@H]1CCN(C(=O)CO)C[C@H]1F. The van der Waals surface area contributed by atoms with E-state index in [9.17, 15) is 14.3 Å². The molecule has 0 bridgehead atoms. The highest BCUT2D eigenvalue weighted by molar-refractivity contribution is 5.77. The minimum absolute atomic E-state index is 0.0797. The van der Waals surface area contributed by atoms with Crippen molar-refractivity contribution in [3.05, 3.63) is 60.0 Å². The van der Waals surface area contributed by atoms with Gasteiger partial charge in [-0.1, -0.05) is 6.07 Å². The maximum absolute atomic E-state index is 14.6. The predicted molar refractivity (Wildman–Crippen MR) is 136 cm³/mol. The van der Waals surface area contributed by atoms with E-state index in [2.05, 4.69) is 15.4 Å². The zero-order chi connectivity index (χ0) is 26.1. The number of likely N-dealkylation sites (tertiary alicyclic amines) is 1. The first-order valence-electron chi connectivity index (χ1n) is 12.5. The van der Waals surface area contributed by atoms with Crippen LogP contribution < -0.4 is 10.1 Å². The van der Waals surface area contributed by atoms with Crippen LogP contribution in [0.1, 0.15) is 29.9 Å². The molecule has 0 spiro atoms. The van der Waals surface area contributed by atoms with Crippen LogP contribution in [0.3, 0.4) is 0 Å². The summed E-state index contributed by atoms with van der Waals surface area (Å²) in [5.74, 6) is 1.12. The molecule has 2 aromatic heterocycles. The molecule has 1 aromatic carbocycles. The Hall–Kier alpha value is -3.50. The highest BCUT2D eigenvalue weighted by atomic mass is 19.1. The first-order valence-corrected chi connectivity index (χ1v) is 12.5. The first kappa shape index (κ1) is 25.2. The molecule has 3 heterocycles. The van der Waals surface area contributed by atoms with Gasteiger partial charge in [0.1, 0.15) is 30.5 Å². The lowest BCUT2D eigenvalue weighted by atomic mass is 10.0. The molecular weight excluding hydrogens is 477 g/mol. The molecular formula is C27H32FN5O4. The van der Waals surface area contributed by atoms with E-state index in [0.29, 0.717) is 30.5 Å². The number of hydrogen-bond donors (Lipinski definition) is 3. The summed E-state index contributed by atoms with van der Waals surface area (Å²) in [6.07, 6.45) is 4.11. The second kappa shape index (κ2) is 10.5. The van der Waals surface area contributed by atoms with Crippen molar-refractivity contribution >= 4 is 11.7 Å². The van der Waals surface area contributed by atoms with E-state index in [4.69, 9.17) is 9.84 Å². The molecule has 5 atom stereocenters. The van der Waals surface area contributed by atoms with Crippen LogP contribution in [-0.4, -0.2) is 74.0 Å². The Morgan fingerprint density at radius 3 is 2.81 bits per heavy atom. The van der Waals surface area contributed by atoms with Gasteiger partial charge in [-0.15, -0.1) is 0 Å². The summed E-state index contributed by atoms with van der Waals surface area (Å²) in [6.45, 7) is 1.57. The highest BCUT2D eigenvalue weighted by Crippen LogP contribution is 2.49. The van der Waals surface area contributed by atoms with Gasteiger partial charge >= 0.3 is 0 Å².